The smallest absolute Gasteiger partial charge is 0.0465 e. The van der Waals surface area contributed by atoms with Crippen LogP contribution in [0.15, 0.2) is 42.5 Å². The first-order valence-corrected chi connectivity index (χ1v) is 7.21. The van der Waals surface area contributed by atoms with E-state index in [9.17, 15) is 0 Å². The Balaban J connectivity index is 1.75. The SMILES string of the molecule is Clc1ccc(CN2CCc3ccccc3C2)c(Cl)c1. The van der Waals surface area contributed by atoms with Crippen LogP contribution in [0.4, 0.5) is 0 Å². The van der Waals surface area contributed by atoms with Gasteiger partial charge in [0.15, 0.2) is 0 Å². The summed E-state index contributed by atoms with van der Waals surface area (Å²) >= 11 is 12.2. The van der Waals surface area contributed by atoms with Crippen LogP contribution in [0.3, 0.4) is 0 Å². The molecule has 0 amide bonds. The Bertz CT molecular complexity index is 595. The highest BCUT2D eigenvalue weighted by Gasteiger charge is 2.16. The van der Waals surface area contributed by atoms with Crippen molar-refractivity contribution in [2.45, 2.75) is 19.5 Å². The molecule has 1 aliphatic heterocycles. The van der Waals surface area contributed by atoms with Crippen molar-refractivity contribution in [1.29, 1.82) is 0 Å². The lowest BCUT2D eigenvalue weighted by Crippen LogP contribution is -2.30. The summed E-state index contributed by atoms with van der Waals surface area (Å²) in [6.07, 6.45) is 1.11. The van der Waals surface area contributed by atoms with Crippen LogP contribution in [0.1, 0.15) is 16.7 Å². The van der Waals surface area contributed by atoms with Crippen LogP contribution in [0.5, 0.6) is 0 Å². The van der Waals surface area contributed by atoms with E-state index in [-0.39, 0.29) is 0 Å². The number of nitrogens with zero attached hydrogens (tertiary/aromatic N) is 1. The van der Waals surface area contributed by atoms with E-state index in [2.05, 4.69) is 29.2 Å². The minimum Gasteiger partial charge on any atom is -0.294 e. The molecule has 1 heterocycles. The van der Waals surface area contributed by atoms with E-state index in [1.54, 1.807) is 0 Å². The second-order valence-corrected chi connectivity index (χ2v) is 5.81. The number of benzene rings is 2. The van der Waals surface area contributed by atoms with Gasteiger partial charge in [0, 0.05) is 29.7 Å². The van der Waals surface area contributed by atoms with E-state index in [1.165, 1.54) is 11.1 Å². The largest absolute Gasteiger partial charge is 0.294 e. The van der Waals surface area contributed by atoms with Crippen molar-refractivity contribution in [3.63, 3.8) is 0 Å². The van der Waals surface area contributed by atoms with Crippen LogP contribution in [0, 0.1) is 0 Å². The summed E-state index contributed by atoms with van der Waals surface area (Å²) in [6.45, 7) is 2.95. The van der Waals surface area contributed by atoms with E-state index in [0.717, 1.165) is 36.6 Å². The van der Waals surface area contributed by atoms with Gasteiger partial charge >= 0.3 is 0 Å². The second-order valence-electron chi connectivity index (χ2n) is 4.97. The molecule has 19 heavy (non-hydrogen) atoms. The first kappa shape index (κ1) is 13.0. The second kappa shape index (κ2) is 5.54. The quantitative estimate of drug-likeness (QED) is 0.784. The molecule has 0 fully saturated rings. The molecule has 0 bridgehead atoms. The molecule has 0 N–H and O–H groups in total. The van der Waals surface area contributed by atoms with Crippen LogP contribution in [-0.4, -0.2) is 11.4 Å². The Morgan fingerprint density at radius 3 is 2.58 bits per heavy atom. The van der Waals surface area contributed by atoms with E-state index in [1.807, 2.05) is 18.2 Å². The van der Waals surface area contributed by atoms with Gasteiger partial charge in [0.05, 0.1) is 0 Å². The molecule has 0 aromatic heterocycles. The minimum atomic E-state index is 0.692. The molecule has 0 saturated heterocycles. The molecule has 0 radical (unpaired) electrons. The van der Waals surface area contributed by atoms with Gasteiger partial charge in [-0.05, 0) is 35.2 Å². The zero-order valence-electron chi connectivity index (χ0n) is 10.6. The first-order valence-electron chi connectivity index (χ1n) is 6.45. The Labute approximate surface area is 123 Å². The van der Waals surface area contributed by atoms with Gasteiger partial charge < -0.3 is 0 Å². The Kier molecular flexibility index (Phi) is 3.79. The lowest BCUT2D eigenvalue weighted by Gasteiger charge is -2.29. The van der Waals surface area contributed by atoms with Crippen LogP contribution in [0.2, 0.25) is 10.0 Å². The molecule has 1 aliphatic rings. The number of halogens is 2. The topological polar surface area (TPSA) is 3.24 Å². The third-order valence-electron chi connectivity index (χ3n) is 3.62. The molecule has 0 aliphatic carbocycles. The summed E-state index contributed by atoms with van der Waals surface area (Å²) in [5, 5.41) is 1.45. The van der Waals surface area contributed by atoms with Crippen molar-refractivity contribution < 1.29 is 0 Å². The molecule has 0 unspecified atom stereocenters. The molecule has 2 aromatic rings. The maximum atomic E-state index is 6.24. The van der Waals surface area contributed by atoms with Gasteiger partial charge in [-0.15, -0.1) is 0 Å². The molecule has 98 valence electrons. The van der Waals surface area contributed by atoms with Gasteiger partial charge in [0.2, 0.25) is 0 Å². The summed E-state index contributed by atoms with van der Waals surface area (Å²) < 4.78 is 0. The van der Waals surface area contributed by atoms with E-state index >= 15 is 0 Å². The average molecular weight is 292 g/mol. The third-order valence-corrected chi connectivity index (χ3v) is 4.21. The summed E-state index contributed by atoms with van der Waals surface area (Å²) in [7, 11) is 0. The number of rotatable bonds is 2. The highest BCUT2D eigenvalue weighted by atomic mass is 35.5. The maximum absolute atomic E-state index is 6.24. The predicted octanol–water partition coefficient (Wildman–Crippen LogP) is 4.55. The Hall–Kier alpha value is -1.02. The first-order chi connectivity index (χ1) is 9.22. The molecule has 2 aromatic carbocycles. The summed E-state index contributed by atoms with van der Waals surface area (Å²) in [5.41, 5.74) is 4.05. The van der Waals surface area contributed by atoms with Gasteiger partial charge in [-0.25, -0.2) is 0 Å². The number of fused-ring (bicyclic) bond motifs is 1. The monoisotopic (exact) mass is 291 g/mol. The van der Waals surface area contributed by atoms with Crippen molar-refractivity contribution in [2.75, 3.05) is 6.54 Å². The predicted molar refractivity (Wildman–Crippen MR) is 80.7 cm³/mol. The molecular weight excluding hydrogens is 277 g/mol. The normalized spacial score (nSPS) is 15.3. The fourth-order valence-corrected chi connectivity index (χ4v) is 3.05. The molecule has 1 nitrogen and oxygen atoms in total. The fourth-order valence-electron chi connectivity index (χ4n) is 2.58. The van der Waals surface area contributed by atoms with Gasteiger partial charge in [0.25, 0.3) is 0 Å². The van der Waals surface area contributed by atoms with Crippen molar-refractivity contribution in [3.8, 4) is 0 Å². The van der Waals surface area contributed by atoms with Gasteiger partial charge in [-0.3, -0.25) is 4.90 Å². The highest BCUT2D eigenvalue weighted by Crippen LogP contribution is 2.25. The summed E-state index contributed by atoms with van der Waals surface area (Å²) in [4.78, 5) is 2.43. The molecule has 0 spiro atoms. The van der Waals surface area contributed by atoms with E-state index < -0.39 is 0 Å². The van der Waals surface area contributed by atoms with Crippen molar-refractivity contribution >= 4 is 23.2 Å². The zero-order chi connectivity index (χ0) is 13.2. The number of hydrogen-bond acceptors (Lipinski definition) is 1. The highest BCUT2D eigenvalue weighted by molar-refractivity contribution is 6.35. The lowest BCUT2D eigenvalue weighted by molar-refractivity contribution is 0.245. The molecule has 3 rings (SSSR count). The average Bonchev–Trinajstić information content (AvgIpc) is 2.42. The van der Waals surface area contributed by atoms with Crippen LogP contribution < -0.4 is 0 Å². The molecule has 0 atom stereocenters. The number of hydrogen-bond donors (Lipinski definition) is 0. The molecule has 0 saturated carbocycles. The fraction of sp³-hybridized carbons (Fsp3) is 0.250. The molecule has 3 heteroatoms. The Morgan fingerprint density at radius 1 is 1.00 bits per heavy atom. The molecular formula is C16H15Cl2N. The Morgan fingerprint density at radius 2 is 1.79 bits per heavy atom. The van der Waals surface area contributed by atoms with E-state index in [4.69, 9.17) is 23.2 Å². The zero-order valence-corrected chi connectivity index (χ0v) is 12.1. The summed E-state index contributed by atoms with van der Waals surface area (Å²) in [5.74, 6) is 0. The van der Waals surface area contributed by atoms with E-state index in [0.29, 0.717) is 5.02 Å². The third kappa shape index (κ3) is 2.94. The van der Waals surface area contributed by atoms with Crippen molar-refractivity contribution in [3.05, 3.63) is 69.2 Å². The maximum Gasteiger partial charge on any atom is 0.0465 e. The summed E-state index contributed by atoms with van der Waals surface area (Å²) in [6, 6.07) is 14.4. The lowest BCUT2D eigenvalue weighted by atomic mass is 9.99. The van der Waals surface area contributed by atoms with Crippen LogP contribution in [-0.2, 0) is 19.5 Å². The van der Waals surface area contributed by atoms with Crippen LogP contribution >= 0.6 is 23.2 Å². The standard InChI is InChI=1S/C16H15Cl2N/c17-15-6-5-14(16(18)9-15)11-19-8-7-12-3-1-2-4-13(12)10-19/h1-6,9H,7-8,10-11H2. The van der Waals surface area contributed by atoms with Gasteiger partial charge in [-0.2, -0.15) is 0 Å². The van der Waals surface area contributed by atoms with Gasteiger partial charge in [-0.1, -0.05) is 53.5 Å². The van der Waals surface area contributed by atoms with Gasteiger partial charge in [0.1, 0.15) is 0 Å². The van der Waals surface area contributed by atoms with Crippen molar-refractivity contribution in [1.82, 2.24) is 4.90 Å². The van der Waals surface area contributed by atoms with Crippen molar-refractivity contribution in [2.24, 2.45) is 0 Å². The van der Waals surface area contributed by atoms with Crippen LogP contribution in [0.25, 0.3) is 0 Å². The minimum absolute atomic E-state index is 0.692.